The molecule has 5 unspecified atom stereocenters. The Morgan fingerprint density at radius 2 is 1.90 bits per heavy atom. The lowest BCUT2D eigenvalue weighted by Gasteiger charge is -2.29. The highest BCUT2D eigenvalue weighted by Gasteiger charge is 2.50. The first-order valence-electron chi connectivity index (χ1n) is 14.6. The first-order valence-corrected chi connectivity index (χ1v) is 15.0. The summed E-state index contributed by atoms with van der Waals surface area (Å²) >= 11 is 6.56. The number of aromatic nitrogens is 1. The lowest BCUT2D eigenvalue weighted by Crippen LogP contribution is -2.53. The summed E-state index contributed by atoms with van der Waals surface area (Å²) in [5.41, 5.74) is 3.10. The van der Waals surface area contributed by atoms with Crippen molar-refractivity contribution in [2.24, 2.45) is 17.8 Å². The van der Waals surface area contributed by atoms with E-state index in [0.717, 1.165) is 41.3 Å². The molecule has 2 aliphatic heterocycles. The van der Waals surface area contributed by atoms with Gasteiger partial charge in [-0.05, 0) is 55.2 Å². The molecule has 3 N–H and O–H groups in total. The fraction of sp³-hybridized carbons (Fsp3) is 0.438. The number of benzene rings is 2. The minimum atomic E-state index is -0.751. The van der Waals surface area contributed by atoms with Crippen LogP contribution in [0.1, 0.15) is 55.9 Å². The second-order valence-electron chi connectivity index (χ2n) is 11.6. The summed E-state index contributed by atoms with van der Waals surface area (Å²) in [5.74, 6) is -0.755. The predicted molar refractivity (Wildman–Crippen MR) is 157 cm³/mol. The number of nitrogens with one attached hydrogen (secondary N) is 3. The van der Waals surface area contributed by atoms with Crippen LogP contribution < -0.4 is 10.6 Å². The van der Waals surface area contributed by atoms with Gasteiger partial charge < -0.3 is 20.5 Å². The molecule has 214 valence electrons. The maximum Gasteiger partial charge on any atom is 0.271 e. The number of carbonyl (C=O) groups is 4. The molecule has 1 aliphatic carbocycles. The fourth-order valence-electron chi connectivity index (χ4n) is 7.09. The molecule has 3 amide bonds. The largest absolute Gasteiger partial charge is 0.356 e. The molecule has 3 aliphatic rings. The molecular formula is C32H35ClN4O4. The van der Waals surface area contributed by atoms with Crippen LogP contribution in [0.3, 0.4) is 0 Å². The van der Waals surface area contributed by atoms with Gasteiger partial charge in [-0.3, -0.25) is 19.2 Å². The van der Waals surface area contributed by atoms with E-state index < -0.39 is 12.1 Å². The third kappa shape index (κ3) is 5.14. The van der Waals surface area contributed by atoms with Gasteiger partial charge >= 0.3 is 0 Å². The van der Waals surface area contributed by atoms with E-state index in [1.807, 2.05) is 42.5 Å². The van der Waals surface area contributed by atoms with Crippen molar-refractivity contribution in [2.45, 2.75) is 57.5 Å². The van der Waals surface area contributed by atoms with Gasteiger partial charge in [0.25, 0.3) is 5.91 Å². The minimum Gasteiger partial charge on any atom is -0.356 e. The number of hydrogen-bond donors (Lipinski definition) is 3. The maximum atomic E-state index is 14.1. The monoisotopic (exact) mass is 574 g/mol. The maximum absolute atomic E-state index is 14.1. The number of halogens is 1. The Bertz CT molecular complexity index is 1500. The number of ketones is 1. The SMILES string of the molecule is CCC(=O)C(CC1CCNC1=O)NC(=O)C1C2CCCC2CN1C(=O)c1cc2c(Cl)ccc(-c3ccccc3)c2[nH]1. The number of fused-ring (bicyclic) bond motifs is 2. The molecule has 5 atom stereocenters. The van der Waals surface area contributed by atoms with Crippen LogP contribution in [-0.4, -0.2) is 58.6 Å². The molecule has 1 saturated carbocycles. The van der Waals surface area contributed by atoms with E-state index in [1.165, 1.54) is 0 Å². The number of likely N-dealkylation sites (tertiary alicyclic amines) is 1. The number of H-pyrrole nitrogens is 1. The number of rotatable bonds is 8. The Kier molecular flexibility index (Phi) is 7.60. The molecule has 3 aromatic rings. The number of aromatic amines is 1. The summed E-state index contributed by atoms with van der Waals surface area (Å²) in [6, 6.07) is 14.0. The summed E-state index contributed by atoms with van der Waals surface area (Å²) in [7, 11) is 0. The molecule has 8 nitrogen and oxygen atoms in total. The smallest absolute Gasteiger partial charge is 0.271 e. The second kappa shape index (κ2) is 11.3. The zero-order valence-electron chi connectivity index (χ0n) is 23.1. The number of Topliss-reactive ketones (excluding diaryl/α,β-unsaturated/α-hetero) is 1. The lowest BCUT2D eigenvalue weighted by atomic mass is 9.91. The molecule has 3 fully saturated rings. The zero-order chi connectivity index (χ0) is 28.7. The number of hydrogen-bond acceptors (Lipinski definition) is 4. The summed E-state index contributed by atoms with van der Waals surface area (Å²) < 4.78 is 0. The van der Waals surface area contributed by atoms with Crippen LogP contribution in [0.2, 0.25) is 5.02 Å². The summed E-state index contributed by atoms with van der Waals surface area (Å²) in [6.45, 7) is 2.84. The van der Waals surface area contributed by atoms with Crippen LogP contribution in [0.4, 0.5) is 0 Å². The molecule has 2 aromatic carbocycles. The van der Waals surface area contributed by atoms with Gasteiger partial charge in [0.1, 0.15) is 11.7 Å². The van der Waals surface area contributed by atoms with Gasteiger partial charge in [-0.2, -0.15) is 0 Å². The van der Waals surface area contributed by atoms with Gasteiger partial charge in [0, 0.05) is 36.4 Å². The van der Waals surface area contributed by atoms with E-state index in [2.05, 4.69) is 15.6 Å². The zero-order valence-corrected chi connectivity index (χ0v) is 23.9. The summed E-state index contributed by atoms with van der Waals surface area (Å²) in [6.07, 6.45) is 4.03. The Hall–Kier alpha value is -3.65. The third-order valence-electron chi connectivity index (χ3n) is 9.21. The highest BCUT2D eigenvalue weighted by Crippen LogP contribution is 2.43. The number of amides is 3. The van der Waals surface area contributed by atoms with Gasteiger partial charge in [-0.25, -0.2) is 0 Å². The molecular weight excluding hydrogens is 540 g/mol. The average molecular weight is 575 g/mol. The third-order valence-corrected chi connectivity index (χ3v) is 9.54. The Morgan fingerprint density at radius 3 is 2.63 bits per heavy atom. The fourth-order valence-corrected chi connectivity index (χ4v) is 7.30. The van der Waals surface area contributed by atoms with Crippen LogP contribution in [0, 0.1) is 17.8 Å². The van der Waals surface area contributed by atoms with Crippen molar-refractivity contribution in [1.29, 1.82) is 0 Å². The van der Waals surface area contributed by atoms with Gasteiger partial charge in [0.2, 0.25) is 11.8 Å². The van der Waals surface area contributed by atoms with E-state index in [-0.39, 0.29) is 54.1 Å². The average Bonchev–Trinajstić information content (AvgIpc) is 3.77. The molecule has 0 bridgehead atoms. The Morgan fingerprint density at radius 1 is 1.10 bits per heavy atom. The van der Waals surface area contributed by atoms with E-state index >= 15 is 0 Å². The molecule has 0 spiro atoms. The highest BCUT2D eigenvalue weighted by atomic mass is 35.5. The lowest BCUT2D eigenvalue weighted by molar-refractivity contribution is -0.132. The van der Waals surface area contributed by atoms with Crippen molar-refractivity contribution in [3.63, 3.8) is 0 Å². The number of nitrogens with zero attached hydrogens (tertiary/aromatic N) is 1. The van der Waals surface area contributed by atoms with Gasteiger partial charge in [0.15, 0.2) is 5.78 Å². The number of carbonyl (C=O) groups excluding carboxylic acids is 4. The van der Waals surface area contributed by atoms with Crippen LogP contribution in [0.25, 0.3) is 22.0 Å². The highest BCUT2D eigenvalue weighted by molar-refractivity contribution is 6.36. The minimum absolute atomic E-state index is 0.0407. The van der Waals surface area contributed by atoms with Crippen LogP contribution in [0.15, 0.2) is 48.5 Å². The molecule has 2 saturated heterocycles. The first-order chi connectivity index (χ1) is 19.9. The molecule has 1 aromatic heterocycles. The Balaban J connectivity index is 1.29. The normalized spacial score (nSPS) is 24.3. The summed E-state index contributed by atoms with van der Waals surface area (Å²) in [4.78, 5) is 58.0. The van der Waals surface area contributed by atoms with Crippen molar-refractivity contribution in [3.8, 4) is 11.1 Å². The molecule has 41 heavy (non-hydrogen) atoms. The molecule has 3 heterocycles. The van der Waals surface area contributed by atoms with Gasteiger partial charge in [-0.15, -0.1) is 0 Å². The quantitative estimate of drug-likeness (QED) is 0.361. The van der Waals surface area contributed by atoms with E-state index in [0.29, 0.717) is 30.2 Å². The Labute approximate surface area is 244 Å². The van der Waals surface area contributed by atoms with Crippen molar-refractivity contribution in [1.82, 2.24) is 20.5 Å². The predicted octanol–water partition coefficient (Wildman–Crippen LogP) is 4.72. The molecule has 6 rings (SSSR count). The van der Waals surface area contributed by atoms with Crippen molar-refractivity contribution in [2.75, 3.05) is 13.1 Å². The van der Waals surface area contributed by atoms with Crippen molar-refractivity contribution < 1.29 is 19.2 Å². The van der Waals surface area contributed by atoms with E-state index in [1.54, 1.807) is 17.9 Å². The van der Waals surface area contributed by atoms with Crippen molar-refractivity contribution >= 4 is 46.0 Å². The second-order valence-corrected chi connectivity index (χ2v) is 12.0. The standard InChI is InChI=1S/C32H35ClN4O4/c1-2-27(38)25(15-19-13-14-34-30(19)39)36-31(40)29-22-10-6-9-20(22)17-37(29)32(41)26-16-23-24(33)12-11-21(28(23)35-26)18-7-4-3-5-8-18/h3-5,7-8,11-12,16,19-20,22,25,29,35H,2,6,9-10,13-15,17H2,1H3,(H,34,39)(H,36,40). The molecule has 9 heteroatoms. The van der Waals surface area contributed by atoms with Crippen molar-refractivity contribution in [3.05, 3.63) is 59.2 Å². The van der Waals surface area contributed by atoms with Gasteiger partial charge in [0.05, 0.1) is 16.6 Å². The van der Waals surface area contributed by atoms with E-state index in [4.69, 9.17) is 11.6 Å². The van der Waals surface area contributed by atoms with Crippen LogP contribution >= 0.6 is 11.6 Å². The van der Waals surface area contributed by atoms with E-state index in [9.17, 15) is 19.2 Å². The molecule has 0 radical (unpaired) electrons. The van der Waals surface area contributed by atoms with Gasteiger partial charge in [-0.1, -0.05) is 61.3 Å². The summed E-state index contributed by atoms with van der Waals surface area (Å²) in [5, 5.41) is 7.08. The van der Waals surface area contributed by atoms with Crippen LogP contribution in [0.5, 0.6) is 0 Å². The topological polar surface area (TPSA) is 111 Å². The van der Waals surface area contributed by atoms with Crippen LogP contribution in [-0.2, 0) is 14.4 Å². The first kappa shape index (κ1) is 27.5.